The maximum Gasteiger partial charge on any atom is 0.227 e. The van der Waals surface area contributed by atoms with Crippen LogP contribution < -0.4 is 10.6 Å². The monoisotopic (exact) mass is 390 g/mol. The zero-order chi connectivity index (χ0) is 19.2. The molecule has 144 valence electrons. The first-order valence-electron chi connectivity index (χ1n) is 8.84. The van der Waals surface area contributed by atoms with Crippen molar-refractivity contribution in [2.45, 2.75) is 37.4 Å². The Labute approximate surface area is 163 Å². The van der Waals surface area contributed by atoms with Crippen molar-refractivity contribution >= 4 is 23.2 Å². The molecule has 0 spiro atoms. The van der Waals surface area contributed by atoms with E-state index in [1.54, 1.807) is 18.2 Å². The van der Waals surface area contributed by atoms with Crippen molar-refractivity contribution in [3.8, 4) is 0 Å². The van der Waals surface area contributed by atoms with Crippen LogP contribution in [-0.4, -0.2) is 47.1 Å². The van der Waals surface area contributed by atoms with Gasteiger partial charge in [-0.15, -0.1) is 0 Å². The van der Waals surface area contributed by atoms with Gasteiger partial charge in [0.2, 0.25) is 5.91 Å². The number of benzene rings is 2. The molecule has 0 aliphatic carbocycles. The van der Waals surface area contributed by atoms with Crippen molar-refractivity contribution in [1.82, 2.24) is 5.32 Å². The fourth-order valence-electron chi connectivity index (χ4n) is 3.08. The van der Waals surface area contributed by atoms with Gasteiger partial charge in [-0.25, -0.2) is 0 Å². The van der Waals surface area contributed by atoms with Crippen LogP contribution in [0, 0.1) is 0 Å². The van der Waals surface area contributed by atoms with Crippen molar-refractivity contribution in [3.63, 3.8) is 0 Å². The van der Waals surface area contributed by atoms with Crippen LogP contribution in [0.2, 0.25) is 5.02 Å². The highest BCUT2D eigenvalue weighted by molar-refractivity contribution is 6.30. The van der Waals surface area contributed by atoms with E-state index in [-0.39, 0.29) is 12.3 Å². The van der Waals surface area contributed by atoms with Crippen LogP contribution in [0.3, 0.4) is 0 Å². The molecule has 1 aliphatic rings. The van der Waals surface area contributed by atoms with E-state index in [1.807, 2.05) is 36.4 Å². The van der Waals surface area contributed by atoms with Gasteiger partial charge in [-0.2, -0.15) is 0 Å². The lowest BCUT2D eigenvalue weighted by molar-refractivity contribution is -0.120. The van der Waals surface area contributed by atoms with Crippen LogP contribution in [0.4, 0.5) is 5.69 Å². The molecule has 1 amide bonds. The summed E-state index contributed by atoms with van der Waals surface area (Å²) in [5, 5.41) is 27.0. The quantitative estimate of drug-likeness (QED) is 0.580. The van der Waals surface area contributed by atoms with Gasteiger partial charge in [0.05, 0.1) is 18.6 Å². The molecule has 1 saturated heterocycles. The third-order valence-electron chi connectivity index (χ3n) is 4.47. The molecule has 2 aromatic rings. The summed E-state index contributed by atoms with van der Waals surface area (Å²) >= 11 is 5.96. The van der Waals surface area contributed by atoms with Crippen LogP contribution in [-0.2, 0) is 16.1 Å². The summed E-state index contributed by atoms with van der Waals surface area (Å²) in [5.74, 6) is -0.273. The minimum absolute atomic E-state index is 0.0298. The maximum atomic E-state index is 12.1. The van der Waals surface area contributed by atoms with Crippen LogP contribution in [0.15, 0.2) is 54.6 Å². The van der Waals surface area contributed by atoms with Crippen LogP contribution >= 0.6 is 11.6 Å². The van der Waals surface area contributed by atoms with E-state index in [0.717, 1.165) is 5.56 Å². The van der Waals surface area contributed by atoms with Crippen LogP contribution in [0.1, 0.15) is 12.0 Å². The first kappa shape index (κ1) is 19.8. The summed E-state index contributed by atoms with van der Waals surface area (Å²) in [5.41, 5.74) is 1.68. The number of aliphatic hydroxyl groups is 2. The second-order valence-electron chi connectivity index (χ2n) is 6.57. The first-order chi connectivity index (χ1) is 13.0. The molecule has 1 aliphatic heterocycles. The van der Waals surface area contributed by atoms with Crippen LogP contribution in [0.25, 0.3) is 0 Å². The Morgan fingerprint density at radius 2 is 1.78 bits per heavy atom. The summed E-state index contributed by atoms with van der Waals surface area (Å²) < 4.78 is 5.71. The largest absolute Gasteiger partial charge is 0.388 e. The number of anilines is 1. The van der Waals surface area contributed by atoms with Gasteiger partial charge in [0.25, 0.3) is 0 Å². The topological polar surface area (TPSA) is 90.8 Å². The predicted octanol–water partition coefficient (Wildman–Crippen LogP) is 1.95. The second-order valence-corrected chi connectivity index (χ2v) is 7.01. The molecule has 0 radical (unpaired) electrons. The van der Waals surface area contributed by atoms with E-state index in [2.05, 4.69) is 10.6 Å². The third-order valence-corrected chi connectivity index (χ3v) is 4.70. The molecule has 0 unspecified atom stereocenters. The Morgan fingerprint density at radius 1 is 1.04 bits per heavy atom. The smallest absolute Gasteiger partial charge is 0.227 e. The molecular weight excluding hydrogens is 368 g/mol. The van der Waals surface area contributed by atoms with E-state index in [0.29, 0.717) is 23.8 Å². The summed E-state index contributed by atoms with van der Waals surface area (Å²) in [6.45, 7) is 0.907. The maximum absolute atomic E-state index is 12.1. The lowest BCUT2D eigenvalue weighted by Crippen LogP contribution is -2.38. The van der Waals surface area contributed by atoms with Crippen molar-refractivity contribution in [2.24, 2.45) is 0 Å². The molecule has 1 fully saturated rings. The van der Waals surface area contributed by atoms with E-state index in [9.17, 15) is 15.0 Å². The Kier molecular flexibility index (Phi) is 6.82. The Morgan fingerprint density at radius 3 is 2.52 bits per heavy atom. The zero-order valence-electron chi connectivity index (χ0n) is 14.7. The molecule has 1 heterocycles. The molecule has 3 rings (SSSR count). The lowest BCUT2D eigenvalue weighted by Gasteiger charge is -2.15. The van der Waals surface area contributed by atoms with Gasteiger partial charge in [0.15, 0.2) is 0 Å². The molecule has 0 saturated carbocycles. The summed E-state index contributed by atoms with van der Waals surface area (Å²) in [7, 11) is 0. The fraction of sp³-hybridized carbons (Fsp3) is 0.350. The van der Waals surface area contributed by atoms with Gasteiger partial charge in [-0.1, -0.05) is 41.9 Å². The molecule has 27 heavy (non-hydrogen) atoms. The van der Waals surface area contributed by atoms with Gasteiger partial charge in [0, 0.05) is 23.8 Å². The first-order valence-corrected chi connectivity index (χ1v) is 9.22. The van der Waals surface area contributed by atoms with Crippen molar-refractivity contribution in [1.29, 1.82) is 0 Å². The number of amides is 1. The SMILES string of the molecule is O=C(C[C@@H]1O[C@H](CNCc2cccc(Cl)c2)[C@@H](O)[C@H]1O)Nc1ccccc1. The number of para-hydroxylation sites is 1. The number of rotatable bonds is 7. The molecular formula is C20H23ClN2O4. The van der Waals surface area contributed by atoms with E-state index >= 15 is 0 Å². The highest BCUT2D eigenvalue weighted by Crippen LogP contribution is 2.24. The van der Waals surface area contributed by atoms with Crippen LogP contribution in [0.5, 0.6) is 0 Å². The van der Waals surface area contributed by atoms with Gasteiger partial charge in [-0.3, -0.25) is 4.79 Å². The normalized spacial score (nSPS) is 24.7. The second kappa shape index (κ2) is 9.30. The van der Waals surface area contributed by atoms with E-state index in [1.165, 1.54) is 0 Å². The number of hydrogen-bond donors (Lipinski definition) is 4. The minimum Gasteiger partial charge on any atom is -0.388 e. The lowest BCUT2D eigenvalue weighted by atomic mass is 10.1. The highest BCUT2D eigenvalue weighted by Gasteiger charge is 2.43. The minimum atomic E-state index is -1.11. The molecule has 7 heteroatoms. The number of nitrogens with one attached hydrogen (secondary N) is 2. The average molecular weight is 391 g/mol. The average Bonchev–Trinajstić information content (AvgIpc) is 2.90. The zero-order valence-corrected chi connectivity index (χ0v) is 15.5. The van der Waals surface area contributed by atoms with Crippen molar-refractivity contribution in [2.75, 3.05) is 11.9 Å². The summed E-state index contributed by atoms with van der Waals surface area (Å²) in [4.78, 5) is 12.1. The molecule has 0 aromatic heterocycles. The van der Waals surface area contributed by atoms with E-state index < -0.39 is 24.4 Å². The fourth-order valence-corrected chi connectivity index (χ4v) is 3.30. The molecule has 0 bridgehead atoms. The van der Waals surface area contributed by atoms with Gasteiger partial charge >= 0.3 is 0 Å². The molecule has 4 N–H and O–H groups in total. The third kappa shape index (κ3) is 5.51. The number of carbonyl (C=O) groups is 1. The molecule has 2 aromatic carbocycles. The summed E-state index contributed by atoms with van der Waals surface area (Å²) in [6.07, 6.45) is -3.52. The number of ether oxygens (including phenoxy) is 1. The van der Waals surface area contributed by atoms with Gasteiger partial charge < -0.3 is 25.6 Å². The number of halogens is 1. The Hall–Kier alpha value is -1.96. The Balaban J connectivity index is 1.47. The highest BCUT2D eigenvalue weighted by atomic mass is 35.5. The number of aliphatic hydroxyl groups excluding tert-OH is 2. The predicted molar refractivity (Wildman–Crippen MR) is 104 cm³/mol. The standard InChI is InChI=1S/C20H23ClN2O4/c21-14-6-4-5-13(9-14)11-22-12-17-20(26)19(25)16(27-17)10-18(24)23-15-7-2-1-3-8-15/h1-9,16-17,19-20,22,25-26H,10-12H2,(H,23,24)/t16-,17+,19-,20+/m0/s1. The Bertz CT molecular complexity index is 759. The van der Waals surface area contributed by atoms with Crippen molar-refractivity contribution < 1.29 is 19.7 Å². The van der Waals surface area contributed by atoms with Gasteiger partial charge in [0.1, 0.15) is 12.2 Å². The molecule has 4 atom stereocenters. The number of carbonyl (C=O) groups excluding carboxylic acids is 1. The summed E-state index contributed by atoms with van der Waals surface area (Å²) in [6, 6.07) is 16.5. The number of hydrogen-bond acceptors (Lipinski definition) is 5. The van der Waals surface area contributed by atoms with Gasteiger partial charge in [-0.05, 0) is 29.8 Å². The van der Waals surface area contributed by atoms with Crippen molar-refractivity contribution in [3.05, 3.63) is 65.2 Å². The molecule has 6 nitrogen and oxygen atoms in total. The van der Waals surface area contributed by atoms with E-state index in [4.69, 9.17) is 16.3 Å².